The molecule has 1 amide bonds. The monoisotopic (exact) mass is 258 g/mol. The van der Waals surface area contributed by atoms with E-state index in [-0.39, 0.29) is 23.9 Å². The summed E-state index contributed by atoms with van der Waals surface area (Å²) in [6.07, 6.45) is 1.58. The SMILES string of the molecule is Cc1ccc(O)c(NC(=O)Cc2ccc(N)cn2)n1. The van der Waals surface area contributed by atoms with Gasteiger partial charge in [0.15, 0.2) is 11.6 Å². The number of nitrogens with two attached hydrogens (primary N) is 1. The molecule has 0 saturated heterocycles. The Labute approximate surface area is 110 Å². The van der Waals surface area contributed by atoms with Gasteiger partial charge in [0.2, 0.25) is 5.91 Å². The highest BCUT2D eigenvalue weighted by molar-refractivity contribution is 5.92. The van der Waals surface area contributed by atoms with Crippen molar-refractivity contribution >= 4 is 17.4 Å². The molecule has 0 saturated carbocycles. The Bertz CT molecular complexity index is 596. The van der Waals surface area contributed by atoms with E-state index in [1.807, 2.05) is 0 Å². The van der Waals surface area contributed by atoms with Crippen LogP contribution in [-0.2, 0) is 11.2 Å². The van der Waals surface area contributed by atoms with Crippen LogP contribution in [0.1, 0.15) is 11.4 Å². The molecule has 0 aliphatic heterocycles. The lowest BCUT2D eigenvalue weighted by molar-refractivity contribution is -0.115. The molecule has 0 aliphatic carbocycles. The average Bonchev–Trinajstić information content (AvgIpc) is 2.37. The van der Waals surface area contributed by atoms with Gasteiger partial charge in [0.25, 0.3) is 0 Å². The summed E-state index contributed by atoms with van der Waals surface area (Å²) in [6.45, 7) is 1.77. The van der Waals surface area contributed by atoms with Gasteiger partial charge in [0.05, 0.1) is 18.3 Å². The molecular weight excluding hydrogens is 244 g/mol. The van der Waals surface area contributed by atoms with Gasteiger partial charge in [-0.15, -0.1) is 0 Å². The number of aryl methyl sites for hydroxylation is 1. The van der Waals surface area contributed by atoms with E-state index in [1.165, 1.54) is 12.3 Å². The number of rotatable bonds is 3. The van der Waals surface area contributed by atoms with Crippen molar-refractivity contribution in [2.75, 3.05) is 11.1 Å². The highest BCUT2D eigenvalue weighted by Crippen LogP contribution is 2.20. The number of amides is 1. The molecule has 0 bridgehead atoms. The Morgan fingerprint density at radius 1 is 1.37 bits per heavy atom. The van der Waals surface area contributed by atoms with Crippen LogP contribution in [0.3, 0.4) is 0 Å². The standard InChI is InChI=1S/C13H14N4O2/c1-8-2-5-11(18)13(16-8)17-12(19)6-10-4-3-9(14)7-15-10/h2-5,7,18H,6,14H2,1H3,(H,16,17,19). The van der Waals surface area contributed by atoms with Gasteiger partial charge in [-0.1, -0.05) is 0 Å². The average molecular weight is 258 g/mol. The van der Waals surface area contributed by atoms with E-state index in [2.05, 4.69) is 15.3 Å². The second-order valence-electron chi connectivity index (χ2n) is 4.13. The van der Waals surface area contributed by atoms with Crippen LogP contribution in [0.25, 0.3) is 0 Å². The van der Waals surface area contributed by atoms with E-state index < -0.39 is 0 Å². The third-order valence-electron chi connectivity index (χ3n) is 2.46. The number of nitrogen functional groups attached to an aromatic ring is 1. The molecule has 2 heterocycles. The summed E-state index contributed by atoms with van der Waals surface area (Å²) in [5.41, 5.74) is 7.36. The molecular formula is C13H14N4O2. The lowest BCUT2D eigenvalue weighted by Gasteiger charge is -2.07. The molecule has 0 aromatic carbocycles. The van der Waals surface area contributed by atoms with E-state index >= 15 is 0 Å². The zero-order valence-electron chi connectivity index (χ0n) is 10.4. The van der Waals surface area contributed by atoms with Gasteiger partial charge in [0.1, 0.15) is 0 Å². The van der Waals surface area contributed by atoms with Gasteiger partial charge in [-0.05, 0) is 31.2 Å². The van der Waals surface area contributed by atoms with Gasteiger partial charge in [-0.25, -0.2) is 4.98 Å². The molecule has 2 rings (SSSR count). The fourth-order valence-electron chi connectivity index (χ4n) is 1.52. The number of aromatic nitrogens is 2. The molecule has 0 fully saturated rings. The number of nitrogens with zero attached hydrogens (tertiary/aromatic N) is 2. The molecule has 98 valence electrons. The van der Waals surface area contributed by atoms with E-state index in [0.717, 1.165) is 0 Å². The molecule has 0 unspecified atom stereocenters. The fourth-order valence-corrected chi connectivity index (χ4v) is 1.52. The first kappa shape index (κ1) is 12.8. The van der Waals surface area contributed by atoms with Crippen molar-refractivity contribution in [3.05, 3.63) is 41.9 Å². The summed E-state index contributed by atoms with van der Waals surface area (Å²) in [5, 5.41) is 12.1. The van der Waals surface area contributed by atoms with Crippen LogP contribution in [0.5, 0.6) is 5.75 Å². The number of aromatic hydroxyl groups is 1. The van der Waals surface area contributed by atoms with Gasteiger partial charge in [-0.3, -0.25) is 9.78 Å². The number of pyridine rings is 2. The van der Waals surface area contributed by atoms with Crippen LogP contribution in [0.15, 0.2) is 30.5 Å². The summed E-state index contributed by atoms with van der Waals surface area (Å²) in [5.74, 6) is -0.213. The minimum absolute atomic E-state index is 0.0655. The topological polar surface area (TPSA) is 101 Å². The van der Waals surface area contributed by atoms with Crippen LogP contribution in [0.4, 0.5) is 11.5 Å². The van der Waals surface area contributed by atoms with Crippen LogP contribution in [0, 0.1) is 6.92 Å². The predicted octanol–water partition coefficient (Wildman–Crippen LogP) is 1.25. The predicted molar refractivity (Wildman–Crippen MR) is 71.6 cm³/mol. The second-order valence-corrected chi connectivity index (χ2v) is 4.13. The highest BCUT2D eigenvalue weighted by atomic mass is 16.3. The van der Waals surface area contributed by atoms with Crippen LogP contribution in [0.2, 0.25) is 0 Å². The van der Waals surface area contributed by atoms with Gasteiger partial charge >= 0.3 is 0 Å². The van der Waals surface area contributed by atoms with Crippen molar-refractivity contribution in [3.8, 4) is 5.75 Å². The van der Waals surface area contributed by atoms with Crippen molar-refractivity contribution in [1.82, 2.24) is 9.97 Å². The number of carbonyl (C=O) groups is 1. The van der Waals surface area contributed by atoms with Gasteiger partial charge < -0.3 is 16.2 Å². The van der Waals surface area contributed by atoms with Crippen LogP contribution >= 0.6 is 0 Å². The largest absolute Gasteiger partial charge is 0.504 e. The smallest absolute Gasteiger partial charge is 0.231 e. The lowest BCUT2D eigenvalue weighted by atomic mass is 10.2. The summed E-state index contributed by atoms with van der Waals surface area (Å²) in [4.78, 5) is 19.9. The molecule has 2 aromatic rings. The van der Waals surface area contributed by atoms with E-state index in [0.29, 0.717) is 17.1 Å². The number of hydrogen-bond donors (Lipinski definition) is 3. The molecule has 4 N–H and O–H groups in total. The normalized spacial score (nSPS) is 10.2. The van der Waals surface area contributed by atoms with Crippen LogP contribution in [-0.4, -0.2) is 21.0 Å². The van der Waals surface area contributed by atoms with Gasteiger partial charge in [0, 0.05) is 11.4 Å². The minimum Gasteiger partial charge on any atom is -0.504 e. The zero-order chi connectivity index (χ0) is 13.8. The highest BCUT2D eigenvalue weighted by Gasteiger charge is 2.09. The molecule has 0 atom stereocenters. The van der Waals surface area contributed by atoms with Gasteiger partial charge in [-0.2, -0.15) is 0 Å². The molecule has 0 radical (unpaired) electrons. The Hall–Kier alpha value is -2.63. The van der Waals surface area contributed by atoms with E-state index in [4.69, 9.17) is 5.73 Å². The van der Waals surface area contributed by atoms with Crippen LogP contribution < -0.4 is 11.1 Å². The number of nitrogens with one attached hydrogen (secondary N) is 1. The first-order valence-electron chi connectivity index (χ1n) is 5.71. The molecule has 6 nitrogen and oxygen atoms in total. The van der Waals surface area contributed by atoms with Crippen molar-refractivity contribution in [2.45, 2.75) is 13.3 Å². The summed E-state index contributed by atoms with van der Waals surface area (Å²) in [6, 6.07) is 6.50. The summed E-state index contributed by atoms with van der Waals surface area (Å²) >= 11 is 0. The third-order valence-corrected chi connectivity index (χ3v) is 2.46. The maximum absolute atomic E-state index is 11.8. The molecule has 19 heavy (non-hydrogen) atoms. The first-order chi connectivity index (χ1) is 9.04. The molecule has 2 aromatic heterocycles. The Morgan fingerprint density at radius 3 is 2.84 bits per heavy atom. The minimum atomic E-state index is -0.300. The van der Waals surface area contributed by atoms with E-state index in [1.54, 1.807) is 25.1 Å². The number of anilines is 2. The Kier molecular flexibility index (Phi) is 3.61. The third kappa shape index (κ3) is 3.41. The summed E-state index contributed by atoms with van der Waals surface area (Å²) < 4.78 is 0. The molecule has 0 spiro atoms. The molecule has 0 aliphatic rings. The number of hydrogen-bond acceptors (Lipinski definition) is 5. The Morgan fingerprint density at radius 2 is 2.16 bits per heavy atom. The van der Waals surface area contributed by atoms with Crippen molar-refractivity contribution in [1.29, 1.82) is 0 Å². The second kappa shape index (κ2) is 5.34. The Balaban J connectivity index is 2.05. The van der Waals surface area contributed by atoms with E-state index in [9.17, 15) is 9.90 Å². The van der Waals surface area contributed by atoms with Crippen molar-refractivity contribution in [2.24, 2.45) is 0 Å². The quantitative estimate of drug-likeness (QED) is 0.769. The van der Waals surface area contributed by atoms with Crippen molar-refractivity contribution < 1.29 is 9.90 Å². The molecule has 6 heteroatoms. The maximum atomic E-state index is 11.8. The maximum Gasteiger partial charge on any atom is 0.231 e. The number of carbonyl (C=O) groups excluding carboxylic acids is 1. The first-order valence-corrected chi connectivity index (χ1v) is 5.71. The van der Waals surface area contributed by atoms with Crippen molar-refractivity contribution in [3.63, 3.8) is 0 Å². The summed E-state index contributed by atoms with van der Waals surface area (Å²) in [7, 11) is 0. The fraction of sp³-hybridized carbons (Fsp3) is 0.154. The lowest BCUT2D eigenvalue weighted by Crippen LogP contribution is -2.16. The zero-order valence-corrected chi connectivity index (χ0v) is 10.4.